The zero-order chi connectivity index (χ0) is 15.4. The number of hydrogen-bond acceptors (Lipinski definition) is 2. The molecule has 110 valence electrons. The lowest BCUT2D eigenvalue weighted by Crippen LogP contribution is -2.12. The molecule has 0 spiro atoms. The number of anilines is 2. The zero-order valence-corrected chi connectivity index (χ0v) is 14.1. The van der Waals surface area contributed by atoms with Gasteiger partial charge in [-0.15, -0.1) is 0 Å². The van der Waals surface area contributed by atoms with Gasteiger partial charge in [-0.05, 0) is 52.2 Å². The molecule has 0 radical (unpaired) electrons. The van der Waals surface area contributed by atoms with E-state index in [1.807, 2.05) is 24.3 Å². The van der Waals surface area contributed by atoms with Crippen LogP contribution < -0.4 is 11.1 Å². The van der Waals surface area contributed by atoms with E-state index in [-0.39, 0.29) is 5.91 Å². The number of nitrogens with two attached hydrogens (primary N) is 1. The SMILES string of the molecule is Nc1cccc(CCC(=O)Nc2ccc(Br)c(Cl)c2Cl)c1. The number of aryl methyl sites for hydroxylation is 1. The van der Waals surface area contributed by atoms with E-state index >= 15 is 0 Å². The summed E-state index contributed by atoms with van der Waals surface area (Å²) >= 11 is 15.4. The number of hydrogen-bond donors (Lipinski definition) is 2. The third-order valence-electron chi connectivity index (χ3n) is 2.90. The minimum absolute atomic E-state index is 0.127. The number of carbonyl (C=O) groups excluding carboxylic acids is 1. The van der Waals surface area contributed by atoms with Gasteiger partial charge in [-0.25, -0.2) is 0 Å². The van der Waals surface area contributed by atoms with Crippen molar-refractivity contribution in [2.75, 3.05) is 11.1 Å². The van der Waals surface area contributed by atoms with Gasteiger partial charge in [-0.3, -0.25) is 4.79 Å². The summed E-state index contributed by atoms with van der Waals surface area (Å²) in [4.78, 5) is 12.0. The lowest BCUT2D eigenvalue weighted by atomic mass is 10.1. The summed E-state index contributed by atoms with van der Waals surface area (Å²) in [5, 5.41) is 3.46. The molecule has 6 heteroatoms. The summed E-state index contributed by atoms with van der Waals surface area (Å²) in [7, 11) is 0. The molecule has 3 nitrogen and oxygen atoms in total. The number of carbonyl (C=O) groups is 1. The van der Waals surface area contributed by atoms with Crippen molar-refractivity contribution in [3.05, 3.63) is 56.5 Å². The molecule has 0 saturated heterocycles. The van der Waals surface area contributed by atoms with Crippen LogP contribution in [-0.2, 0) is 11.2 Å². The van der Waals surface area contributed by atoms with Crippen molar-refractivity contribution in [3.8, 4) is 0 Å². The Labute approximate surface area is 141 Å². The van der Waals surface area contributed by atoms with Gasteiger partial charge in [0.05, 0.1) is 15.7 Å². The Morgan fingerprint density at radius 2 is 1.95 bits per heavy atom. The van der Waals surface area contributed by atoms with E-state index in [9.17, 15) is 4.79 Å². The van der Waals surface area contributed by atoms with Gasteiger partial charge < -0.3 is 11.1 Å². The van der Waals surface area contributed by atoms with Gasteiger partial charge in [0.15, 0.2) is 0 Å². The molecule has 0 atom stereocenters. The molecule has 3 N–H and O–H groups in total. The standard InChI is InChI=1S/C15H13BrCl2N2O/c16-11-5-6-12(15(18)14(11)17)20-13(21)7-4-9-2-1-3-10(19)8-9/h1-3,5-6,8H,4,7,19H2,(H,20,21). The van der Waals surface area contributed by atoms with Gasteiger partial charge >= 0.3 is 0 Å². The Kier molecular flexibility index (Phi) is 5.51. The lowest BCUT2D eigenvalue weighted by Gasteiger charge is -2.09. The first-order valence-electron chi connectivity index (χ1n) is 6.25. The second kappa shape index (κ2) is 7.16. The van der Waals surface area contributed by atoms with Crippen LogP contribution in [0, 0.1) is 0 Å². The van der Waals surface area contributed by atoms with Crippen molar-refractivity contribution in [2.45, 2.75) is 12.8 Å². The Balaban J connectivity index is 1.98. The summed E-state index contributed by atoms with van der Waals surface area (Å²) in [5.74, 6) is -0.127. The normalized spacial score (nSPS) is 10.4. The Hall–Kier alpha value is -1.23. The van der Waals surface area contributed by atoms with Crippen LogP contribution in [0.4, 0.5) is 11.4 Å². The second-order valence-electron chi connectivity index (χ2n) is 4.52. The fourth-order valence-corrected chi connectivity index (χ4v) is 2.66. The fraction of sp³-hybridized carbons (Fsp3) is 0.133. The summed E-state index contributed by atoms with van der Waals surface area (Å²) in [6.45, 7) is 0. The molecule has 0 bridgehead atoms. The lowest BCUT2D eigenvalue weighted by molar-refractivity contribution is -0.116. The van der Waals surface area contributed by atoms with Crippen molar-refractivity contribution in [2.24, 2.45) is 0 Å². The van der Waals surface area contributed by atoms with E-state index in [0.717, 1.165) is 5.56 Å². The molecule has 0 fully saturated rings. The topological polar surface area (TPSA) is 55.1 Å². The predicted molar refractivity (Wildman–Crippen MR) is 92.0 cm³/mol. The van der Waals surface area contributed by atoms with Gasteiger partial charge in [0, 0.05) is 16.6 Å². The molecule has 2 aromatic rings. The quantitative estimate of drug-likeness (QED) is 0.578. The molecule has 0 saturated carbocycles. The largest absolute Gasteiger partial charge is 0.399 e. The van der Waals surface area contributed by atoms with E-state index in [1.165, 1.54) is 0 Å². The smallest absolute Gasteiger partial charge is 0.224 e. The highest BCUT2D eigenvalue weighted by molar-refractivity contribution is 9.10. The van der Waals surface area contributed by atoms with Gasteiger partial charge in [0.25, 0.3) is 0 Å². The van der Waals surface area contributed by atoms with E-state index in [4.69, 9.17) is 28.9 Å². The number of benzene rings is 2. The van der Waals surface area contributed by atoms with Crippen LogP contribution in [-0.4, -0.2) is 5.91 Å². The molecular formula is C15H13BrCl2N2O. The Bertz CT molecular complexity index is 677. The fourth-order valence-electron chi connectivity index (χ4n) is 1.84. The Morgan fingerprint density at radius 3 is 2.67 bits per heavy atom. The van der Waals surface area contributed by atoms with Crippen LogP contribution in [0.1, 0.15) is 12.0 Å². The minimum atomic E-state index is -0.127. The summed E-state index contributed by atoms with van der Waals surface area (Å²) < 4.78 is 0.687. The molecule has 0 aliphatic rings. The van der Waals surface area contributed by atoms with Crippen LogP contribution in [0.5, 0.6) is 0 Å². The molecular weight excluding hydrogens is 375 g/mol. The van der Waals surface area contributed by atoms with Crippen LogP contribution in [0.15, 0.2) is 40.9 Å². The number of rotatable bonds is 4. The molecule has 0 aliphatic heterocycles. The third kappa shape index (κ3) is 4.37. The first-order chi connectivity index (χ1) is 9.97. The van der Waals surface area contributed by atoms with Crippen molar-refractivity contribution >= 4 is 56.4 Å². The van der Waals surface area contributed by atoms with Crippen molar-refractivity contribution in [1.82, 2.24) is 0 Å². The molecule has 0 unspecified atom stereocenters. The molecule has 2 rings (SSSR count). The third-order valence-corrected chi connectivity index (χ3v) is 4.67. The minimum Gasteiger partial charge on any atom is -0.399 e. The molecule has 0 aliphatic carbocycles. The molecule has 0 aromatic heterocycles. The van der Waals surface area contributed by atoms with Crippen LogP contribution >= 0.6 is 39.1 Å². The maximum atomic E-state index is 12.0. The number of amides is 1. The molecule has 2 aromatic carbocycles. The molecule has 21 heavy (non-hydrogen) atoms. The highest BCUT2D eigenvalue weighted by Gasteiger charge is 2.11. The van der Waals surface area contributed by atoms with Crippen molar-refractivity contribution < 1.29 is 4.79 Å². The second-order valence-corrected chi connectivity index (χ2v) is 6.13. The number of halogens is 3. The van der Waals surface area contributed by atoms with Crippen LogP contribution in [0.3, 0.4) is 0 Å². The van der Waals surface area contributed by atoms with E-state index in [1.54, 1.807) is 12.1 Å². The van der Waals surface area contributed by atoms with Crippen LogP contribution in [0.25, 0.3) is 0 Å². The maximum absolute atomic E-state index is 12.0. The first-order valence-corrected chi connectivity index (χ1v) is 7.80. The predicted octanol–water partition coefficient (Wildman–Crippen LogP) is 4.91. The van der Waals surface area contributed by atoms with Gasteiger partial charge in [0.1, 0.15) is 0 Å². The number of nitrogens with one attached hydrogen (secondary N) is 1. The molecule has 0 heterocycles. The van der Waals surface area contributed by atoms with E-state index < -0.39 is 0 Å². The van der Waals surface area contributed by atoms with Crippen molar-refractivity contribution in [3.63, 3.8) is 0 Å². The van der Waals surface area contributed by atoms with Gasteiger partial charge in [-0.2, -0.15) is 0 Å². The summed E-state index contributed by atoms with van der Waals surface area (Å²) in [5.41, 5.74) is 7.91. The van der Waals surface area contributed by atoms with Crippen molar-refractivity contribution in [1.29, 1.82) is 0 Å². The van der Waals surface area contributed by atoms with E-state index in [2.05, 4.69) is 21.2 Å². The number of nitrogen functional groups attached to an aromatic ring is 1. The summed E-state index contributed by atoms with van der Waals surface area (Å²) in [6.07, 6.45) is 0.951. The average Bonchev–Trinajstić information content (AvgIpc) is 2.46. The van der Waals surface area contributed by atoms with Gasteiger partial charge in [-0.1, -0.05) is 35.3 Å². The van der Waals surface area contributed by atoms with E-state index in [0.29, 0.717) is 38.7 Å². The maximum Gasteiger partial charge on any atom is 0.224 e. The first kappa shape index (κ1) is 16.1. The molecule has 1 amide bonds. The van der Waals surface area contributed by atoms with Crippen LogP contribution in [0.2, 0.25) is 10.0 Å². The average molecular weight is 388 g/mol. The zero-order valence-electron chi connectivity index (χ0n) is 11.0. The summed E-state index contributed by atoms with van der Waals surface area (Å²) in [6, 6.07) is 10.9. The monoisotopic (exact) mass is 386 g/mol. The Morgan fingerprint density at radius 1 is 1.19 bits per heavy atom. The highest BCUT2D eigenvalue weighted by atomic mass is 79.9. The van der Waals surface area contributed by atoms with Gasteiger partial charge in [0.2, 0.25) is 5.91 Å². The highest BCUT2D eigenvalue weighted by Crippen LogP contribution is 2.35.